The Labute approximate surface area is 127 Å². The first-order valence-electron chi connectivity index (χ1n) is 8.03. The van der Waals surface area contributed by atoms with Crippen molar-refractivity contribution in [3.8, 4) is 5.75 Å². The van der Waals surface area contributed by atoms with E-state index in [-0.39, 0.29) is 0 Å². The molecule has 4 heteroatoms. The van der Waals surface area contributed by atoms with E-state index in [4.69, 9.17) is 15.2 Å². The highest BCUT2D eigenvalue weighted by Crippen LogP contribution is 2.32. The van der Waals surface area contributed by atoms with Crippen LogP contribution in [0.1, 0.15) is 43.2 Å². The quantitative estimate of drug-likeness (QED) is 0.865. The van der Waals surface area contributed by atoms with Crippen LogP contribution in [0.5, 0.6) is 5.75 Å². The van der Waals surface area contributed by atoms with Crippen molar-refractivity contribution in [3.05, 3.63) is 23.3 Å². The van der Waals surface area contributed by atoms with E-state index in [2.05, 4.69) is 11.9 Å². The van der Waals surface area contributed by atoms with Crippen LogP contribution in [0.2, 0.25) is 0 Å². The maximum absolute atomic E-state index is 6.01. The molecule has 1 saturated carbocycles. The third-order valence-electron chi connectivity index (χ3n) is 4.54. The lowest BCUT2D eigenvalue weighted by molar-refractivity contribution is -0.0174. The Balaban J connectivity index is 1.67. The predicted octanol–water partition coefficient (Wildman–Crippen LogP) is 3.15. The van der Waals surface area contributed by atoms with Gasteiger partial charge in [-0.15, -0.1) is 0 Å². The molecule has 1 aromatic rings. The van der Waals surface area contributed by atoms with Gasteiger partial charge in [0.15, 0.2) is 6.79 Å². The summed E-state index contributed by atoms with van der Waals surface area (Å²) in [4.78, 5) is 2.41. The van der Waals surface area contributed by atoms with Crippen LogP contribution in [-0.2, 0) is 17.9 Å². The molecule has 0 spiro atoms. The van der Waals surface area contributed by atoms with Gasteiger partial charge in [0, 0.05) is 29.9 Å². The number of fused-ring (bicyclic) bond motifs is 1. The van der Waals surface area contributed by atoms with E-state index in [1.807, 2.05) is 12.1 Å². The molecular weight excluding hydrogens is 264 g/mol. The smallest absolute Gasteiger partial charge is 0.189 e. The first-order valence-corrected chi connectivity index (χ1v) is 8.03. The van der Waals surface area contributed by atoms with E-state index in [0.29, 0.717) is 13.4 Å². The highest BCUT2D eigenvalue weighted by atomic mass is 16.7. The van der Waals surface area contributed by atoms with Gasteiger partial charge in [-0.05, 0) is 37.9 Å². The fourth-order valence-electron chi connectivity index (χ4n) is 3.61. The minimum Gasteiger partial charge on any atom is -0.467 e. The first-order chi connectivity index (χ1) is 10.2. The van der Waals surface area contributed by atoms with Gasteiger partial charge in [-0.1, -0.05) is 19.3 Å². The fourth-order valence-corrected chi connectivity index (χ4v) is 3.61. The van der Waals surface area contributed by atoms with Gasteiger partial charge in [-0.25, -0.2) is 0 Å². The van der Waals surface area contributed by atoms with E-state index in [1.165, 1.54) is 44.2 Å². The summed E-state index contributed by atoms with van der Waals surface area (Å²) in [5, 5.41) is 0. The van der Waals surface area contributed by atoms with Crippen LogP contribution in [0.4, 0.5) is 5.69 Å². The van der Waals surface area contributed by atoms with E-state index >= 15 is 0 Å². The molecular formula is C17H26N2O2. The number of anilines is 1. The van der Waals surface area contributed by atoms with Crippen molar-refractivity contribution in [2.45, 2.75) is 45.3 Å². The van der Waals surface area contributed by atoms with Crippen molar-refractivity contribution in [3.63, 3.8) is 0 Å². The van der Waals surface area contributed by atoms with Crippen molar-refractivity contribution in [1.29, 1.82) is 0 Å². The molecule has 1 aliphatic heterocycles. The van der Waals surface area contributed by atoms with Crippen LogP contribution < -0.4 is 10.5 Å². The topological polar surface area (TPSA) is 47.7 Å². The number of nitrogens with two attached hydrogens (primary N) is 1. The zero-order valence-corrected chi connectivity index (χ0v) is 12.9. The van der Waals surface area contributed by atoms with Crippen LogP contribution in [0, 0.1) is 5.92 Å². The maximum Gasteiger partial charge on any atom is 0.189 e. The van der Waals surface area contributed by atoms with Crippen molar-refractivity contribution in [1.82, 2.24) is 4.90 Å². The molecule has 21 heavy (non-hydrogen) atoms. The van der Waals surface area contributed by atoms with Crippen LogP contribution in [0.15, 0.2) is 12.1 Å². The Morgan fingerprint density at radius 1 is 1.24 bits per heavy atom. The zero-order chi connectivity index (χ0) is 14.7. The molecule has 0 bridgehead atoms. The lowest BCUT2D eigenvalue weighted by Gasteiger charge is -2.28. The van der Waals surface area contributed by atoms with Gasteiger partial charge in [0.05, 0.1) is 6.61 Å². The highest BCUT2D eigenvalue weighted by Gasteiger charge is 2.19. The van der Waals surface area contributed by atoms with E-state index in [9.17, 15) is 0 Å². The summed E-state index contributed by atoms with van der Waals surface area (Å²) < 4.78 is 11.0. The molecule has 1 aliphatic carbocycles. The zero-order valence-electron chi connectivity index (χ0n) is 12.9. The molecule has 0 aromatic heterocycles. The summed E-state index contributed by atoms with van der Waals surface area (Å²) in [6.45, 7) is 3.00. The summed E-state index contributed by atoms with van der Waals surface area (Å²) in [7, 11) is 2.20. The normalized spacial score (nSPS) is 19.3. The van der Waals surface area contributed by atoms with Crippen LogP contribution >= 0.6 is 0 Å². The van der Waals surface area contributed by atoms with Crippen molar-refractivity contribution >= 4 is 5.69 Å². The highest BCUT2D eigenvalue weighted by molar-refractivity contribution is 5.53. The van der Waals surface area contributed by atoms with Crippen LogP contribution in [-0.4, -0.2) is 25.3 Å². The third-order valence-corrected chi connectivity index (χ3v) is 4.54. The Morgan fingerprint density at radius 3 is 2.86 bits per heavy atom. The molecule has 3 rings (SSSR count). The lowest BCUT2D eigenvalue weighted by atomic mass is 9.89. The summed E-state index contributed by atoms with van der Waals surface area (Å²) in [5.74, 6) is 1.83. The molecule has 0 saturated heterocycles. The fraction of sp³-hybridized carbons (Fsp3) is 0.647. The van der Waals surface area contributed by atoms with Crippen LogP contribution in [0.25, 0.3) is 0 Å². The third kappa shape index (κ3) is 3.69. The number of rotatable bonds is 4. The minimum absolute atomic E-state index is 0.344. The molecule has 0 amide bonds. The Kier molecular flexibility index (Phi) is 4.66. The van der Waals surface area contributed by atoms with Gasteiger partial charge in [0.2, 0.25) is 0 Å². The Hall–Kier alpha value is -1.26. The molecule has 2 N–H and O–H groups in total. The van der Waals surface area contributed by atoms with Gasteiger partial charge in [-0.2, -0.15) is 0 Å². The van der Waals surface area contributed by atoms with E-state index in [1.54, 1.807) is 0 Å². The Morgan fingerprint density at radius 2 is 2.05 bits per heavy atom. The molecule has 0 unspecified atom stereocenters. The second-order valence-corrected chi connectivity index (χ2v) is 6.48. The standard InChI is InChI=1S/C17H26N2O2/c1-19(9-13-5-3-2-4-6-13)10-14-7-16(18)8-15-11-20-12-21-17(14)15/h7-8,13H,2-6,9-12,18H2,1H3. The van der Waals surface area contributed by atoms with Gasteiger partial charge in [0.25, 0.3) is 0 Å². The number of hydrogen-bond acceptors (Lipinski definition) is 4. The van der Waals surface area contributed by atoms with E-state index < -0.39 is 0 Å². The summed E-state index contributed by atoms with van der Waals surface area (Å²) in [6.07, 6.45) is 6.96. The molecule has 1 aromatic carbocycles. The second-order valence-electron chi connectivity index (χ2n) is 6.48. The lowest BCUT2D eigenvalue weighted by Crippen LogP contribution is -2.27. The van der Waals surface area contributed by atoms with Gasteiger partial charge in [-0.3, -0.25) is 0 Å². The number of ether oxygens (including phenoxy) is 2. The first kappa shape index (κ1) is 14.7. The van der Waals surface area contributed by atoms with Crippen molar-refractivity contribution in [2.75, 3.05) is 26.1 Å². The summed E-state index contributed by atoms with van der Waals surface area (Å²) >= 11 is 0. The molecule has 1 fully saturated rings. The predicted molar refractivity (Wildman–Crippen MR) is 84.0 cm³/mol. The van der Waals surface area contributed by atoms with Crippen molar-refractivity contribution < 1.29 is 9.47 Å². The average molecular weight is 290 g/mol. The molecule has 0 radical (unpaired) electrons. The molecule has 1 heterocycles. The summed E-state index contributed by atoms with van der Waals surface area (Å²) in [5.41, 5.74) is 9.07. The largest absolute Gasteiger partial charge is 0.467 e. The summed E-state index contributed by atoms with van der Waals surface area (Å²) in [6, 6.07) is 4.00. The van der Waals surface area contributed by atoms with Gasteiger partial charge < -0.3 is 20.1 Å². The molecule has 0 atom stereocenters. The van der Waals surface area contributed by atoms with Crippen molar-refractivity contribution in [2.24, 2.45) is 5.92 Å². The average Bonchev–Trinajstić information content (AvgIpc) is 2.48. The number of nitrogens with zero attached hydrogens (tertiary/aromatic N) is 1. The van der Waals surface area contributed by atoms with Gasteiger partial charge in [0.1, 0.15) is 5.75 Å². The minimum atomic E-state index is 0.344. The number of hydrogen-bond donors (Lipinski definition) is 1. The number of nitrogen functional groups attached to an aromatic ring is 1. The molecule has 116 valence electrons. The molecule has 2 aliphatic rings. The Bertz CT molecular complexity index is 484. The maximum atomic E-state index is 6.01. The monoisotopic (exact) mass is 290 g/mol. The van der Waals surface area contributed by atoms with Crippen LogP contribution in [0.3, 0.4) is 0 Å². The van der Waals surface area contributed by atoms with Gasteiger partial charge >= 0.3 is 0 Å². The van der Waals surface area contributed by atoms with E-state index in [0.717, 1.165) is 29.5 Å². The second kappa shape index (κ2) is 6.67. The number of benzene rings is 1. The molecule has 4 nitrogen and oxygen atoms in total. The SMILES string of the molecule is CN(Cc1cc(N)cc2c1OCOC2)CC1CCCCC1.